The van der Waals surface area contributed by atoms with Crippen molar-refractivity contribution in [3.63, 3.8) is 0 Å². The van der Waals surface area contributed by atoms with Crippen LogP contribution in [0.5, 0.6) is 0 Å². The van der Waals surface area contributed by atoms with Crippen molar-refractivity contribution in [1.82, 2.24) is 4.98 Å². The molecule has 3 rings (SSSR count). The van der Waals surface area contributed by atoms with Gasteiger partial charge in [-0.25, -0.2) is 0 Å². The fourth-order valence-electron chi connectivity index (χ4n) is 3.00. The number of hydrogen-bond acceptors (Lipinski definition) is 2. The lowest BCUT2D eigenvalue weighted by molar-refractivity contribution is 0.109. The molecule has 0 bridgehead atoms. The van der Waals surface area contributed by atoms with E-state index in [1.165, 1.54) is 18.4 Å². The maximum absolute atomic E-state index is 9.55. The molecule has 1 fully saturated rings. The van der Waals surface area contributed by atoms with Crippen molar-refractivity contribution in [2.45, 2.75) is 31.2 Å². The summed E-state index contributed by atoms with van der Waals surface area (Å²) in [5.74, 6) is 0. The Kier molecular flexibility index (Phi) is 1.46. The van der Waals surface area contributed by atoms with Crippen molar-refractivity contribution in [2.75, 3.05) is 6.61 Å². The lowest BCUT2D eigenvalue weighted by Gasteiger charge is -2.40. The van der Waals surface area contributed by atoms with Crippen LogP contribution in [0.4, 0.5) is 0 Å². The Morgan fingerprint density at radius 3 is 2.79 bits per heavy atom. The van der Waals surface area contributed by atoms with Crippen molar-refractivity contribution in [2.24, 2.45) is 11.1 Å². The summed E-state index contributed by atoms with van der Waals surface area (Å²) in [5, 5.41) is 9.55. The zero-order valence-electron chi connectivity index (χ0n) is 8.21. The number of aromatic amines is 1. The van der Waals surface area contributed by atoms with E-state index in [2.05, 4.69) is 4.98 Å². The molecule has 3 heteroatoms. The average Bonchev–Trinajstić information content (AvgIpc) is 2.82. The molecule has 4 N–H and O–H groups in total. The van der Waals surface area contributed by atoms with Gasteiger partial charge in [-0.15, -0.1) is 0 Å². The van der Waals surface area contributed by atoms with E-state index in [4.69, 9.17) is 5.73 Å². The number of hydrogen-bond donors (Lipinski definition) is 3. The molecule has 0 aromatic carbocycles. The molecule has 3 nitrogen and oxygen atoms in total. The van der Waals surface area contributed by atoms with E-state index in [1.54, 1.807) is 0 Å². The van der Waals surface area contributed by atoms with Crippen LogP contribution in [0.2, 0.25) is 0 Å². The summed E-state index contributed by atoms with van der Waals surface area (Å²) in [6.07, 6.45) is 8.57. The minimum atomic E-state index is -0.486. The number of nitrogens with two attached hydrogens (primary N) is 1. The van der Waals surface area contributed by atoms with Crippen molar-refractivity contribution in [3.8, 4) is 0 Å². The Morgan fingerprint density at radius 1 is 1.36 bits per heavy atom. The van der Waals surface area contributed by atoms with Gasteiger partial charge >= 0.3 is 0 Å². The van der Waals surface area contributed by atoms with E-state index in [-0.39, 0.29) is 12.0 Å². The minimum Gasteiger partial charge on any atom is -0.394 e. The van der Waals surface area contributed by atoms with Gasteiger partial charge in [0.05, 0.1) is 12.1 Å². The van der Waals surface area contributed by atoms with Gasteiger partial charge in [0, 0.05) is 12.4 Å². The Hall–Kier alpha value is -0.800. The first-order valence-electron chi connectivity index (χ1n) is 5.28. The number of aromatic nitrogens is 1. The Balaban J connectivity index is 2.15. The topological polar surface area (TPSA) is 62.0 Å². The Labute approximate surface area is 83.3 Å². The first kappa shape index (κ1) is 8.50. The van der Waals surface area contributed by atoms with Crippen LogP contribution in [0.25, 0.3) is 0 Å². The number of rotatable bonds is 1. The molecule has 0 amide bonds. The maximum Gasteiger partial charge on any atom is 0.0718 e. The highest BCUT2D eigenvalue weighted by Crippen LogP contribution is 2.62. The molecule has 1 spiro atoms. The lowest BCUT2D eigenvalue weighted by Crippen LogP contribution is -2.51. The number of nitrogens with one attached hydrogen (secondary N) is 1. The van der Waals surface area contributed by atoms with Gasteiger partial charge in [0.15, 0.2) is 0 Å². The molecule has 1 aromatic rings. The highest BCUT2D eigenvalue weighted by atomic mass is 16.3. The van der Waals surface area contributed by atoms with Crippen LogP contribution < -0.4 is 5.73 Å². The second-order valence-electron chi connectivity index (χ2n) is 4.80. The monoisotopic (exact) mass is 192 g/mol. The zero-order valence-corrected chi connectivity index (χ0v) is 8.21. The van der Waals surface area contributed by atoms with Crippen LogP contribution >= 0.6 is 0 Å². The van der Waals surface area contributed by atoms with E-state index in [9.17, 15) is 5.11 Å². The summed E-state index contributed by atoms with van der Waals surface area (Å²) in [6.45, 7) is 0.0673. The van der Waals surface area contributed by atoms with E-state index in [1.807, 2.05) is 12.4 Å². The summed E-state index contributed by atoms with van der Waals surface area (Å²) in [4.78, 5) is 3.10. The molecular weight excluding hydrogens is 176 g/mol. The highest BCUT2D eigenvalue weighted by Gasteiger charge is 2.59. The summed E-state index contributed by atoms with van der Waals surface area (Å²) >= 11 is 0. The molecule has 1 saturated carbocycles. The van der Waals surface area contributed by atoms with Crippen molar-refractivity contribution in [1.29, 1.82) is 0 Å². The molecule has 76 valence electrons. The summed E-state index contributed by atoms with van der Waals surface area (Å²) in [7, 11) is 0. The van der Waals surface area contributed by atoms with E-state index in [0.29, 0.717) is 0 Å². The first-order valence-corrected chi connectivity index (χ1v) is 5.28. The van der Waals surface area contributed by atoms with E-state index in [0.717, 1.165) is 18.4 Å². The van der Waals surface area contributed by atoms with E-state index < -0.39 is 5.54 Å². The van der Waals surface area contributed by atoms with Crippen LogP contribution in [0.3, 0.4) is 0 Å². The van der Waals surface area contributed by atoms with Gasteiger partial charge in [-0.2, -0.15) is 0 Å². The largest absolute Gasteiger partial charge is 0.394 e. The van der Waals surface area contributed by atoms with Crippen molar-refractivity contribution in [3.05, 3.63) is 23.5 Å². The number of aliphatic hydroxyl groups is 1. The van der Waals surface area contributed by atoms with Gasteiger partial charge in [0.2, 0.25) is 0 Å². The van der Waals surface area contributed by atoms with Gasteiger partial charge in [-0.05, 0) is 42.2 Å². The summed E-state index contributed by atoms with van der Waals surface area (Å²) in [6, 6.07) is 0. The maximum atomic E-state index is 9.55. The number of H-pyrrole nitrogens is 1. The van der Waals surface area contributed by atoms with Crippen LogP contribution in [0, 0.1) is 5.41 Å². The average molecular weight is 192 g/mol. The molecule has 2 aliphatic rings. The third kappa shape index (κ3) is 0.799. The van der Waals surface area contributed by atoms with Gasteiger partial charge in [0.25, 0.3) is 0 Å². The van der Waals surface area contributed by atoms with Crippen molar-refractivity contribution >= 4 is 0 Å². The second-order valence-corrected chi connectivity index (χ2v) is 4.80. The first-order chi connectivity index (χ1) is 6.72. The normalized spacial score (nSPS) is 33.0. The number of aryl methyl sites for hydroxylation is 1. The minimum absolute atomic E-state index is 0.0673. The fourth-order valence-corrected chi connectivity index (χ4v) is 3.00. The summed E-state index contributed by atoms with van der Waals surface area (Å²) < 4.78 is 0. The predicted octanol–water partition coefficient (Wildman–Crippen LogP) is 0.887. The highest BCUT2D eigenvalue weighted by molar-refractivity contribution is 5.39. The standard InChI is InChI=1S/C11H16N2O/c12-11(7-14)9-6-13-5-8(9)1-2-10(11)3-4-10/h5-6,13-14H,1-4,7,12H2. The number of aliphatic hydroxyl groups excluding tert-OH is 1. The van der Waals surface area contributed by atoms with E-state index >= 15 is 0 Å². The molecule has 14 heavy (non-hydrogen) atoms. The van der Waals surface area contributed by atoms with Gasteiger partial charge in [-0.1, -0.05) is 0 Å². The Morgan fingerprint density at radius 2 is 2.14 bits per heavy atom. The molecular formula is C11H16N2O. The third-order valence-electron chi connectivity index (χ3n) is 4.23. The van der Waals surface area contributed by atoms with Crippen molar-refractivity contribution < 1.29 is 5.11 Å². The molecule has 0 aliphatic heterocycles. The van der Waals surface area contributed by atoms with Crippen LogP contribution in [-0.4, -0.2) is 16.7 Å². The molecule has 0 radical (unpaired) electrons. The molecule has 0 saturated heterocycles. The number of fused-ring (bicyclic) bond motifs is 1. The molecule has 1 aromatic heterocycles. The lowest BCUT2D eigenvalue weighted by atomic mass is 9.69. The molecule has 1 atom stereocenters. The smallest absolute Gasteiger partial charge is 0.0718 e. The summed E-state index contributed by atoms with van der Waals surface area (Å²) in [5.41, 5.74) is 8.54. The van der Waals surface area contributed by atoms with Gasteiger partial charge in [0.1, 0.15) is 0 Å². The predicted molar refractivity (Wildman–Crippen MR) is 53.7 cm³/mol. The zero-order chi connectivity index (χ0) is 9.81. The van der Waals surface area contributed by atoms with Gasteiger partial charge in [-0.3, -0.25) is 0 Å². The van der Waals surface area contributed by atoms with Crippen LogP contribution in [0.15, 0.2) is 12.4 Å². The second kappa shape index (κ2) is 2.41. The SMILES string of the molecule is NC1(CO)c2c[nH]cc2CCC12CC2. The molecule has 2 aliphatic carbocycles. The van der Waals surface area contributed by atoms with Crippen LogP contribution in [0.1, 0.15) is 30.4 Å². The van der Waals surface area contributed by atoms with Gasteiger partial charge < -0.3 is 15.8 Å². The quantitative estimate of drug-likeness (QED) is 0.618. The molecule has 1 unspecified atom stereocenters. The molecule has 1 heterocycles. The third-order valence-corrected chi connectivity index (χ3v) is 4.23. The fraction of sp³-hybridized carbons (Fsp3) is 0.636. The Bertz CT molecular complexity index is 367. The van der Waals surface area contributed by atoms with Crippen LogP contribution in [-0.2, 0) is 12.0 Å².